The van der Waals surface area contributed by atoms with E-state index in [1.54, 1.807) is 6.20 Å². The fraction of sp³-hybridized carbons (Fsp3) is 0.273. The Hall–Kier alpha value is -3.06. The largest absolute Gasteiger partial charge is 0.325 e. The summed E-state index contributed by atoms with van der Waals surface area (Å²) in [6.07, 6.45) is 5.60. The molecule has 0 radical (unpaired) electrons. The number of fused-ring (bicyclic) bond motifs is 4. The third-order valence-corrected chi connectivity index (χ3v) is 6.52. The summed E-state index contributed by atoms with van der Waals surface area (Å²) in [5, 5.41) is 3.82. The van der Waals surface area contributed by atoms with Gasteiger partial charge < -0.3 is 5.32 Å². The van der Waals surface area contributed by atoms with Crippen molar-refractivity contribution in [2.24, 2.45) is 0 Å². The van der Waals surface area contributed by atoms with Crippen LogP contribution in [-0.2, 0) is 30.6 Å². The number of carbonyl (C=O) groups excluding carboxylic acids is 1. The number of aromatic nitrogens is 3. The van der Waals surface area contributed by atoms with Crippen molar-refractivity contribution in [1.82, 2.24) is 14.5 Å². The number of thiophene rings is 1. The number of aryl methyl sites for hydroxylation is 3. The number of hydrogen-bond donors (Lipinski definition) is 1. The molecule has 0 atom stereocenters. The summed E-state index contributed by atoms with van der Waals surface area (Å²) in [5.41, 5.74) is 3.94. The van der Waals surface area contributed by atoms with E-state index in [2.05, 4.69) is 16.4 Å². The highest BCUT2D eigenvalue weighted by molar-refractivity contribution is 7.25. The molecule has 1 amide bonds. The molecule has 0 fully saturated rings. The molecule has 0 unspecified atom stereocenters. The van der Waals surface area contributed by atoms with Crippen molar-refractivity contribution in [2.75, 3.05) is 5.32 Å². The topological polar surface area (TPSA) is 76.9 Å². The minimum Gasteiger partial charge on any atom is -0.325 e. The first-order valence-corrected chi connectivity index (χ1v) is 10.6. The molecule has 1 N–H and O–H groups in total. The summed E-state index contributed by atoms with van der Waals surface area (Å²) in [4.78, 5) is 35.7. The van der Waals surface area contributed by atoms with Gasteiger partial charge in [-0.1, -0.05) is 13.0 Å². The van der Waals surface area contributed by atoms with Gasteiger partial charge in [0.05, 0.1) is 5.52 Å². The Morgan fingerprint density at radius 3 is 2.97 bits per heavy atom. The molecule has 4 aromatic rings. The third kappa shape index (κ3) is 3.11. The standard InChI is InChI=1S/C22H20N4O2S/c1-2-17-25-19-16-7-4-10-23-21(16)29-20(19)22(28)26(17)12-18(27)24-15-9-8-13-5-3-6-14(13)11-15/h4,7-11H,2-3,5-6,12H2,1H3,(H,24,27). The van der Waals surface area contributed by atoms with Gasteiger partial charge in [-0.25, -0.2) is 9.97 Å². The van der Waals surface area contributed by atoms with Crippen LogP contribution in [0.2, 0.25) is 0 Å². The molecule has 146 valence electrons. The number of pyridine rings is 1. The second-order valence-electron chi connectivity index (χ2n) is 7.29. The van der Waals surface area contributed by atoms with E-state index in [0.29, 0.717) is 22.5 Å². The second kappa shape index (κ2) is 7.08. The van der Waals surface area contributed by atoms with Crippen LogP contribution in [0.1, 0.15) is 30.3 Å². The smallest absolute Gasteiger partial charge is 0.272 e. The maximum absolute atomic E-state index is 13.1. The normalized spacial score (nSPS) is 13.1. The minimum absolute atomic E-state index is 0.0519. The van der Waals surface area contributed by atoms with Crippen LogP contribution in [0.4, 0.5) is 5.69 Å². The van der Waals surface area contributed by atoms with Gasteiger partial charge in [-0.3, -0.25) is 14.2 Å². The average Bonchev–Trinajstić information content (AvgIpc) is 3.34. The molecule has 0 bridgehead atoms. The van der Waals surface area contributed by atoms with Gasteiger partial charge in [-0.15, -0.1) is 11.3 Å². The molecule has 29 heavy (non-hydrogen) atoms. The molecule has 0 saturated carbocycles. The van der Waals surface area contributed by atoms with Crippen LogP contribution in [0.25, 0.3) is 20.4 Å². The molecule has 3 heterocycles. The maximum atomic E-state index is 13.1. The Labute approximate surface area is 171 Å². The molecule has 6 nitrogen and oxygen atoms in total. The Kier molecular flexibility index (Phi) is 4.39. The van der Waals surface area contributed by atoms with Crippen LogP contribution in [-0.4, -0.2) is 20.4 Å². The molecular formula is C22H20N4O2S. The van der Waals surface area contributed by atoms with Crippen LogP contribution < -0.4 is 10.9 Å². The number of hydrogen-bond acceptors (Lipinski definition) is 5. The van der Waals surface area contributed by atoms with Crippen molar-refractivity contribution in [3.05, 3.63) is 63.8 Å². The van der Waals surface area contributed by atoms with Crippen LogP contribution >= 0.6 is 11.3 Å². The van der Waals surface area contributed by atoms with Gasteiger partial charge in [0.15, 0.2) is 0 Å². The third-order valence-electron chi connectivity index (χ3n) is 5.43. The highest BCUT2D eigenvalue weighted by Gasteiger charge is 2.18. The number of rotatable bonds is 4. The van der Waals surface area contributed by atoms with Gasteiger partial charge in [0.1, 0.15) is 21.9 Å². The summed E-state index contributed by atoms with van der Waals surface area (Å²) in [5.74, 6) is 0.385. The summed E-state index contributed by atoms with van der Waals surface area (Å²) in [6, 6.07) is 9.84. The first-order chi connectivity index (χ1) is 14.1. The van der Waals surface area contributed by atoms with Crippen LogP contribution in [0.3, 0.4) is 0 Å². The van der Waals surface area contributed by atoms with Gasteiger partial charge in [0.25, 0.3) is 5.56 Å². The molecule has 1 aliphatic carbocycles. The molecule has 7 heteroatoms. The van der Waals surface area contributed by atoms with Gasteiger partial charge >= 0.3 is 0 Å². The lowest BCUT2D eigenvalue weighted by atomic mass is 10.1. The van der Waals surface area contributed by atoms with E-state index in [0.717, 1.165) is 35.2 Å². The molecule has 0 aliphatic heterocycles. The van der Waals surface area contributed by atoms with Crippen LogP contribution in [0.15, 0.2) is 41.3 Å². The predicted octanol–water partition coefficient (Wildman–Crippen LogP) is 3.70. The zero-order chi connectivity index (χ0) is 20.0. The van der Waals surface area contributed by atoms with Crippen molar-refractivity contribution in [1.29, 1.82) is 0 Å². The molecule has 5 rings (SSSR count). The van der Waals surface area contributed by atoms with Gasteiger partial charge in [-0.2, -0.15) is 0 Å². The lowest BCUT2D eigenvalue weighted by Gasteiger charge is -2.12. The first kappa shape index (κ1) is 18.0. The highest BCUT2D eigenvalue weighted by Crippen LogP contribution is 2.29. The fourth-order valence-electron chi connectivity index (χ4n) is 4.03. The second-order valence-corrected chi connectivity index (χ2v) is 8.29. The summed E-state index contributed by atoms with van der Waals surface area (Å²) >= 11 is 1.33. The average molecular weight is 404 g/mol. The van der Waals surface area contributed by atoms with E-state index in [1.165, 1.54) is 27.0 Å². The molecule has 1 aromatic carbocycles. The van der Waals surface area contributed by atoms with Gasteiger partial charge in [-0.05, 0) is 54.7 Å². The molecule has 0 spiro atoms. The quantitative estimate of drug-likeness (QED) is 0.563. The van der Waals surface area contributed by atoms with Crippen molar-refractivity contribution >= 4 is 43.4 Å². The fourth-order valence-corrected chi connectivity index (χ4v) is 5.06. The Morgan fingerprint density at radius 2 is 2.10 bits per heavy atom. The van der Waals surface area contributed by atoms with Crippen molar-refractivity contribution in [3.8, 4) is 0 Å². The molecular weight excluding hydrogens is 384 g/mol. The maximum Gasteiger partial charge on any atom is 0.272 e. The monoisotopic (exact) mass is 404 g/mol. The van der Waals surface area contributed by atoms with E-state index >= 15 is 0 Å². The van der Waals surface area contributed by atoms with Crippen LogP contribution in [0, 0.1) is 0 Å². The Morgan fingerprint density at radius 1 is 1.24 bits per heavy atom. The van der Waals surface area contributed by atoms with E-state index in [9.17, 15) is 9.59 Å². The minimum atomic E-state index is -0.222. The SMILES string of the molecule is CCc1nc2c(sc3ncccc32)c(=O)n1CC(=O)Nc1ccc2c(c1)CCC2. The van der Waals surface area contributed by atoms with Crippen molar-refractivity contribution in [3.63, 3.8) is 0 Å². The van der Waals surface area contributed by atoms with E-state index < -0.39 is 0 Å². The van der Waals surface area contributed by atoms with E-state index in [1.807, 2.05) is 31.2 Å². The highest BCUT2D eigenvalue weighted by atomic mass is 32.1. The molecule has 0 saturated heterocycles. The summed E-state index contributed by atoms with van der Waals surface area (Å²) in [7, 11) is 0. The number of benzene rings is 1. The number of anilines is 1. The lowest BCUT2D eigenvalue weighted by molar-refractivity contribution is -0.116. The van der Waals surface area contributed by atoms with Gasteiger partial charge in [0.2, 0.25) is 5.91 Å². The number of nitrogens with one attached hydrogen (secondary N) is 1. The molecule has 1 aliphatic rings. The Balaban J connectivity index is 1.49. The summed E-state index contributed by atoms with van der Waals surface area (Å²) < 4.78 is 2.03. The van der Waals surface area contributed by atoms with Crippen LogP contribution in [0.5, 0.6) is 0 Å². The number of carbonyl (C=O) groups is 1. The van der Waals surface area contributed by atoms with Crippen molar-refractivity contribution in [2.45, 2.75) is 39.2 Å². The van der Waals surface area contributed by atoms with E-state index in [4.69, 9.17) is 4.98 Å². The first-order valence-electron chi connectivity index (χ1n) is 9.82. The van der Waals surface area contributed by atoms with Gasteiger partial charge in [0, 0.05) is 23.7 Å². The van der Waals surface area contributed by atoms with E-state index in [-0.39, 0.29) is 18.0 Å². The lowest BCUT2D eigenvalue weighted by Crippen LogP contribution is -2.30. The number of nitrogens with zero attached hydrogens (tertiary/aromatic N) is 3. The number of amides is 1. The Bertz CT molecular complexity index is 1320. The summed E-state index contributed by atoms with van der Waals surface area (Å²) in [6.45, 7) is 1.89. The van der Waals surface area contributed by atoms with Crippen molar-refractivity contribution < 1.29 is 4.79 Å². The zero-order valence-corrected chi connectivity index (χ0v) is 16.9. The molecule has 3 aromatic heterocycles. The predicted molar refractivity (Wildman–Crippen MR) is 116 cm³/mol. The zero-order valence-electron chi connectivity index (χ0n) is 16.1.